The molecule has 0 heterocycles. The Morgan fingerprint density at radius 3 is 2.17 bits per heavy atom. The molecule has 3 N–H and O–H groups in total. The van der Waals surface area contributed by atoms with Crippen molar-refractivity contribution in [2.24, 2.45) is 0 Å². The molecule has 0 amide bonds. The Hall–Kier alpha value is -2.60. The van der Waals surface area contributed by atoms with Crippen LogP contribution in [0.2, 0.25) is 0 Å². The lowest BCUT2D eigenvalue weighted by Gasteiger charge is -1.82. The first-order valence-electron chi connectivity index (χ1n) is 3.94. The molecule has 0 fully saturated rings. The summed E-state index contributed by atoms with van der Waals surface area (Å²) in [4.78, 5) is 12.8. The normalized spacial score (nSPS) is 9.33. The summed E-state index contributed by atoms with van der Waals surface area (Å²) in [6.45, 7) is 0. The average molecular weight is 274 g/mol. The van der Waals surface area contributed by atoms with E-state index in [9.17, 15) is 4.91 Å². The summed E-state index contributed by atoms with van der Waals surface area (Å²) in [6.07, 6.45) is 0. The zero-order valence-electron chi connectivity index (χ0n) is 8.50. The summed E-state index contributed by atoms with van der Waals surface area (Å²) in [5.41, 5.74) is -0.0352. The maximum absolute atomic E-state index is 10.4. The van der Waals surface area contributed by atoms with Gasteiger partial charge in [0.05, 0.1) is 4.91 Å². The van der Waals surface area contributed by atoms with Gasteiger partial charge in [-0.3, -0.25) is 9.11 Å². The SMILES string of the molecule is N#Cc1cc([N+](=O)O)ccc1[N+]#N.O=S(=O)(O)O. The molecule has 0 aliphatic carbocycles. The molecule has 10 nitrogen and oxygen atoms in total. The fraction of sp³-hybridized carbons (Fsp3) is 0. The van der Waals surface area contributed by atoms with Gasteiger partial charge in [-0.1, -0.05) is 0 Å². The smallest absolute Gasteiger partial charge is 0.264 e. The molecule has 0 bridgehead atoms. The highest BCUT2D eigenvalue weighted by atomic mass is 32.3. The fourth-order valence-corrected chi connectivity index (χ4v) is 0.820. The van der Waals surface area contributed by atoms with Crippen molar-refractivity contribution in [1.82, 2.24) is 0 Å². The van der Waals surface area contributed by atoms with Gasteiger partial charge in [0, 0.05) is 18.2 Å². The second kappa shape index (κ2) is 6.21. The van der Waals surface area contributed by atoms with Gasteiger partial charge in [-0.2, -0.15) is 13.7 Å². The van der Waals surface area contributed by atoms with Gasteiger partial charge in [-0.25, -0.2) is 5.21 Å². The molecule has 0 saturated carbocycles. The predicted molar refractivity (Wildman–Crippen MR) is 55.2 cm³/mol. The summed E-state index contributed by atoms with van der Waals surface area (Å²) < 4.78 is 31.6. The fourth-order valence-electron chi connectivity index (χ4n) is 0.820. The highest BCUT2D eigenvalue weighted by molar-refractivity contribution is 7.79. The zero-order chi connectivity index (χ0) is 14.3. The van der Waals surface area contributed by atoms with Gasteiger partial charge in [0.15, 0.2) is 10.5 Å². The summed E-state index contributed by atoms with van der Waals surface area (Å²) in [7, 11) is -4.67. The molecule has 1 rings (SSSR count). The Balaban J connectivity index is 0.000000494. The molecule has 18 heavy (non-hydrogen) atoms. The van der Waals surface area contributed by atoms with E-state index >= 15 is 0 Å². The Bertz CT molecular complexity index is 633. The minimum Gasteiger partial charge on any atom is -0.264 e. The lowest BCUT2D eigenvalue weighted by molar-refractivity contribution is -0.729. The van der Waals surface area contributed by atoms with E-state index in [1.165, 1.54) is 12.1 Å². The van der Waals surface area contributed by atoms with E-state index in [2.05, 4.69) is 4.98 Å². The van der Waals surface area contributed by atoms with Crippen LogP contribution in [0.3, 0.4) is 0 Å². The molecule has 0 aliphatic heterocycles. The first-order valence-corrected chi connectivity index (χ1v) is 5.34. The summed E-state index contributed by atoms with van der Waals surface area (Å²) >= 11 is 0. The molecule has 0 aliphatic rings. The van der Waals surface area contributed by atoms with Crippen molar-refractivity contribution >= 4 is 21.8 Å². The van der Waals surface area contributed by atoms with Gasteiger partial charge < -0.3 is 0 Å². The van der Waals surface area contributed by atoms with Gasteiger partial charge in [0.2, 0.25) is 5.39 Å². The number of hydrogen-bond acceptors (Lipinski definition) is 5. The summed E-state index contributed by atoms with van der Waals surface area (Å²) in [5, 5.41) is 25.4. The first kappa shape index (κ1) is 15.4. The Kier molecular flexibility index (Phi) is 5.32. The minimum atomic E-state index is -4.67. The lowest BCUT2D eigenvalue weighted by atomic mass is 10.2. The average Bonchev–Trinajstić information content (AvgIpc) is 2.25. The van der Waals surface area contributed by atoms with Crippen molar-refractivity contribution in [2.45, 2.75) is 0 Å². The molecule has 0 saturated heterocycles. The maximum Gasteiger partial charge on any atom is 0.403 e. The quantitative estimate of drug-likeness (QED) is 0.389. The van der Waals surface area contributed by atoms with E-state index in [0.29, 0.717) is 0 Å². The highest BCUT2D eigenvalue weighted by Crippen LogP contribution is 2.23. The van der Waals surface area contributed by atoms with Gasteiger partial charge in [-0.15, -0.1) is 0 Å². The molecule has 0 spiro atoms. The predicted octanol–water partition coefficient (Wildman–Crippen LogP) is 1.19. The molecule has 1 aromatic carbocycles. The minimum absolute atomic E-state index is 0.00917. The number of benzene rings is 1. The third-order valence-electron chi connectivity index (χ3n) is 1.43. The van der Waals surface area contributed by atoms with E-state index < -0.39 is 10.4 Å². The molecule has 0 aromatic heterocycles. The van der Waals surface area contributed by atoms with Crippen LogP contribution in [0.15, 0.2) is 18.2 Å². The van der Waals surface area contributed by atoms with Gasteiger partial charge >= 0.3 is 21.8 Å². The van der Waals surface area contributed by atoms with Crippen molar-refractivity contribution in [1.29, 1.82) is 10.7 Å². The molecule has 94 valence electrons. The van der Waals surface area contributed by atoms with Gasteiger partial charge in [0.1, 0.15) is 6.07 Å². The van der Waals surface area contributed by atoms with Crippen LogP contribution in [0.25, 0.3) is 4.98 Å². The number of diazo groups is 1. The maximum atomic E-state index is 10.4. The van der Waals surface area contributed by atoms with Crippen LogP contribution in [0.4, 0.5) is 11.4 Å². The van der Waals surface area contributed by atoms with E-state index in [1.807, 2.05) is 0 Å². The number of hydrogen-bond donors (Lipinski definition) is 3. The number of nitriles is 1. The van der Waals surface area contributed by atoms with E-state index in [4.69, 9.17) is 33.4 Å². The lowest BCUT2D eigenvalue weighted by Crippen LogP contribution is -1.91. The van der Waals surface area contributed by atoms with Crippen LogP contribution in [0, 0.1) is 21.6 Å². The number of nitrogens with zero attached hydrogens (tertiary/aromatic N) is 4. The Morgan fingerprint density at radius 2 is 1.83 bits per heavy atom. The monoisotopic (exact) mass is 274 g/mol. The van der Waals surface area contributed by atoms with Crippen molar-refractivity contribution < 1.29 is 27.7 Å². The van der Waals surface area contributed by atoms with Gasteiger partial charge in [-0.05, 0) is 0 Å². The molecule has 11 heteroatoms. The summed E-state index contributed by atoms with van der Waals surface area (Å²) in [6, 6.07) is 5.29. The third kappa shape index (κ3) is 6.09. The zero-order valence-corrected chi connectivity index (χ0v) is 9.31. The third-order valence-corrected chi connectivity index (χ3v) is 1.43. The number of rotatable bonds is 1. The Labute approximate surface area is 100 Å². The first-order chi connectivity index (χ1) is 8.19. The van der Waals surface area contributed by atoms with Crippen molar-refractivity contribution in [3.63, 3.8) is 0 Å². The van der Waals surface area contributed by atoms with Crippen LogP contribution < -0.4 is 0 Å². The van der Waals surface area contributed by atoms with E-state index in [-0.39, 0.29) is 21.9 Å². The molecule has 1 aromatic rings. The highest BCUT2D eigenvalue weighted by Gasteiger charge is 2.20. The second-order valence-corrected chi connectivity index (χ2v) is 3.53. The molecule has 0 radical (unpaired) electrons. The van der Waals surface area contributed by atoms with Crippen molar-refractivity contribution in [3.05, 3.63) is 33.6 Å². The van der Waals surface area contributed by atoms with Crippen LogP contribution in [0.5, 0.6) is 0 Å². The van der Waals surface area contributed by atoms with E-state index in [0.717, 1.165) is 6.07 Å². The van der Waals surface area contributed by atoms with Crippen molar-refractivity contribution in [2.75, 3.05) is 0 Å². The topological polar surface area (TPSA) is 167 Å². The van der Waals surface area contributed by atoms with Crippen LogP contribution in [-0.2, 0) is 10.4 Å². The van der Waals surface area contributed by atoms with Crippen LogP contribution in [0.1, 0.15) is 5.56 Å². The van der Waals surface area contributed by atoms with Crippen LogP contribution >= 0.6 is 0 Å². The van der Waals surface area contributed by atoms with Crippen molar-refractivity contribution in [3.8, 4) is 6.07 Å². The second-order valence-electron chi connectivity index (χ2n) is 2.63. The Morgan fingerprint density at radius 1 is 1.33 bits per heavy atom. The largest absolute Gasteiger partial charge is 0.403 e. The molecular weight excluding hydrogens is 268 g/mol. The molecular formula is C7H6N4O6S+2. The standard InChI is InChI=1S/C7H4N4O2.H2O4S/c8-4-5-3-6(11(12)13)1-2-7(5)10-9;1-5(2,3)4/h1-3H,(H,12,13);(H2,1,2,3,4)/q+2;. The molecule has 0 atom stereocenters. The van der Waals surface area contributed by atoms with Crippen LogP contribution in [-0.4, -0.2) is 27.7 Å². The van der Waals surface area contributed by atoms with E-state index in [1.54, 1.807) is 6.07 Å². The van der Waals surface area contributed by atoms with Gasteiger partial charge in [0.25, 0.3) is 4.92 Å². The summed E-state index contributed by atoms with van der Waals surface area (Å²) in [5.74, 6) is 0. The molecule has 0 unspecified atom stereocenters.